The molecule has 2 aromatic rings. The van der Waals surface area contributed by atoms with Crippen molar-refractivity contribution < 1.29 is 4.79 Å². The summed E-state index contributed by atoms with van der Waals surface area (Å²) < 4.78 is 0.835. The number of nitrogens with zero attached hydrogens (tertiary/aromatic N) is 2. The average molecular weight is 361 g/mol. The third kappa shape index (κ3) is 3.62. The Morgan fingerprint density at radius 2 is 1.95 bits per heavy atom. The molecule has 1 aliphatic carbocycles. The first-order chi connectivity index (χ1) is 10.7. The summed E-state index contributed by atoms with van der Waals surface area (Å²) in [6, 6.07) is 9.63. The predicted molar refractivity (Wildman–Crippen MR) is 90.0 cm³/mol. The summed E-state index contributed by atoms with van der Waals surface area (Å²) in [7, 11) is 0. The summed E-state index contributed by atoms with van der Waals surface area (Å²) in [5.41, 5.74) is 1.07. The second kappa shape index (κ2) is 6.87. The Balaban J connectivity index is 1.71. The molecular formula is C16H17BrN4O. The van der Waals surface area contributed by atoms with Crippen LogP contribution in [-0.4, -0.2) is 21.9 Å². The van der Waals surface area contributed by atoms with Crippen molar-refractivity contribution in [1.29, 1.82) is 0 Å². The van der Waals surface area contributed by atoms with E-state index in [-0.39, 0.29) is 5.91 Å². The van der Waals surface area contributed by atoms with Crippen molar-refractivity contribution in [3.63, 3.8) is 0 Å². The van der Waals surface area contributed by atoms with Gasteiger partial charge in [0, 0.05) is 16.6 Å². The molecule has 0 bridgehead atoms. The Hall–Kier alpha value is -1.95. The minimum Gasteiger partial charge on any atom is -0.367 e. The van der Waals surface area contributed by atoms with Crippen LogP contribution < -0.4 is 10.6 Å². The van der Waals surface area contributed by atoms with Crippen LogP contribution in [0.25, 0.3) is 0 Å². The summed E-state index contributed by atoms with van der Waals surface area (Å²) in [5, 5.41) is 6.21. The molecule has 114 valence electrons. The summed E-state index contributed by atoms with van der Waals surface area (Å²) in [5.74, 6) is 0.461. The zero-order valence-electron chi connectivity index (χ0n) is 12.1. The molecule has 6 heteroatoms. The molecule has 0 spiro atoms. The summed E-state index contributed by atoms with van der Waals surface area (Å²) >= 11 is 3.41. The van der Waals surface area contributed by atoms with Gasteiger partial charge < -0.3 is 10.6 Å². The van der Waals surface area contributed by atoms with Crippen molar-refractivity contribution in [1.82, 2.24) is 9.97 Å². The Bertz CT molecular complexity index is 671. The second-order valence-electron chi connectivity index (χ2n) is 5.35. The van der Waals surface area contributed by atoms with Gasteiger partial charge in [0.1, 0.15) is 17.8 Å². The van der Waals surface area contributed by atoms with E-state index in [2.05, 4.69) is 36.5 Å². The minimum absolute atomic E-state index is 0.247. The fourth-order valence-corrected chi connectivity index (χ4v) is 2.97. The van der Waals surface area contributed by atoms with Crippen LogP contribution in [-0.2, 0) is 0 Å². The van der Waals surface area contributed by atoms with Crippen LogP contribution in [0.15, 0.2) is 41.1 Å². The summed E-state index contributed by atoms with van der Waals surface area (Å²) in [6.45, 7) is 0. The zero-order chi connectivity index (χ0) is 15.4. The van der Waals surface area contributed by atoms with Crippen LogP contribution in [0.2, 0.25) is 0 Å². The van der Waals surface area contributed by atoms with Crippen molar-refractivity contribution in [3.05, 3.63) is 46.8 Å². The smallest absolute Gasteiger partial charge is 0.274 e. The van der Waals surface area contributed by atoms with E-state index >= 15 is 0 Å². The van der Waals surface area contributed by atoms with Gasteiger partial charge in [0.25, 0.3) is 5.91 Å². The number of hydrogen-bond donors (Lipinski definition) is 2. The molecule has 0 saturated heterocycles. The summed E-state index contributed by atoms with van der Waals surface area (Å²) in [4.78, 5) is 20.6. The van der Waals surface area contributed by atoms with E-state index in [9.17, 15) is 4.79 Å². The first kappa shape index (κ1) is 15.0. The number of hydrogen-bond acceptors (Lipinski definition) is 4. The average Bonchev–Trinajstić information content (AvgIpc) is 3.03. The lowest BCUT2D eigenvalue weighted by Crippen LogP contribution is -2.18. The van der Waals surface area contributed by atoms with Crippen LogP contribution >= 0.6 is 15.9 Å². The third-order valence-electron chi connectivity index (χ3n) is 3.73. The molecule has 1 aliphatic rings. The Kier molecular flexibility index (Phi) is 4.68. The van der Waals surface area contributed by atoms with Crippen LogP contribution in [0.5, 0.6) is 0 Å². The van der Waals surface area contributed by atoms with E-state index in [1.807, 2.05) is 24.3 Å². The molecule has 1 fully saturated rings. The number of carbonyl (C=O) groups excluding carboxylic acids is 1. The highest BCUT2D eigenvalue weighted by molar-refractivity contribution is 9.10. The predicted octanol–water partition coefficient (Wildman–Crippen LogP) is 3.85. The van der Waals surface area contributed by atoms with Gasteiger partial charge in [-0.1, -0.05) is 25.0 Å². The lowest BCUT2D eigenvalue weighted by Gasteiger charge is -2.13. The SMILES string of the molecule is O=C(Nc1ccccc1Br)c1cc(NC2CCCC2)ncn1. The lowest BCUT2D eigenvalue weighted by atomic mass is 10.2. The van der Waals surface area contributed by atoms with Gasteiger partial charge in [-0.2, -0.15) is 0 Å². The van der Waals surface area contributed by atoms with Gasteiger partial charge in [-0.3, -0.25) is 4.79 Å². The zero-order valence-corrected chi connectivity index (χ0v) is 13.6. The van der Waals surface area contributed by atoms with Crippen LogP contribution in [0, 0.1) is 0 Å². The Morgan fingerprint density at radius 3 is 2.73 bits per heavy atom. The number of anilines is 2. The first-order valence-corrected chi connectivity index (χ1v) is 8.16. The van der Waals surface area contributed by atoms with E-state index in [1.54, 1.807) is 6.07 Å². The number of benzene rings is 1. The van der Waals surface area contributed by atoms with Gasteiger partial charge in [0.2, 0.25) is 0 Å². The lowest BCUT2D eigenvalue weighted by molar-refractivity contribution is 0.102. The van der Waals surface area contributed by atoms with Gasteiger partial charge in [-0.15, -0.1) is 0 Å². The van der Waals surface area contributed by atoms with Gasteiger partial charge in [-0.25, -0.2) is 9.97 Å². The molecule has 1 heterocycles. The maximum absolute atomic E-state index is 12.3. The van der Waals surface area contributed by atoms with Gasteiger partial charge >= 0.3 is 0 Å². The van der Waals surface area contributed by atoms with E-state index < -0.39 is 0 Å². The number of carbonyl (C=O) groups is 1. The van der Waals surface area contributed by atoms with Crippen LogP contribution in [0.4, 0.5) is 11.5 Å². The molecule has 0 atom stereocenters. The maximum atomic E-state index is 12.3. The van der Waals surface area contributed by atoms with Crippen LogP contribution in [0.1, 0.15) is 36.2 Å². The monoisotopic (exact) mass is 360 g/mol. The topological polar surface area (TPSA) is 66.9 Å². The summed E-state index contributed by atoms with van der Waals surface area (Å²) in [6.07, 6.45) is 6.23. The molecular weight excluding hydrogens is 344 g/mol. The second-order valence-corrected chi connectivity index (χ2v) is 6.20. The van der Waals surface area contributed by atoms with Gasteiger partial charge in [-0.05, 0) is 40.9 Å². The molecule has 0 aliphatic heterocycles. The Morgan fingerprint density at radius 1 is 1.18 bits per heavy atom. The van der Waals surface area contributed by atoms with E-state index in [0.29, 0.717) is 17.6 Å². The highest BCUT2D eigenvalue weighted by Crippen LogP contribution is 2.23. The van der Waals surface area contributed by atoms with Crippen molar-refractivity contribution in [2.24, 2.45) is 0 Å². The molecule has 22 heavy (non-hydrogen) atoms. The number of para-hydroxylation sites is 1. The quantitative estimate of drug-likeness (QED) is 0.868. The highest BCUT2D eigenvalue weighted by atomic mass is 79.9. The third-order valence-corrected chi connectivity index (χ3v) is 4.42. The van der Waals surface area contributed by atoms with Crippen LogP contribution in [0.3, 0.4) is 0 Å². The molecule has 5 nitrogen and oxygen atoms in total. The van der Waals surface area contributed by atoms with Crippen molar-refractivity contribution in [3.8, 4) is 0 Å². The fourth-order valence-electron chi connectivity index (χ4n) is 2.59. The Labute approximate surface area is 137 Å². The van der Waals surface area contributed by atoms with Crippen molar-refractivity contribution in [2.75, 3.05) is 10.6 Å². The number of rotatable bonds is 4. The standard InChI is InChI=1S/C16H17BrN4O/c17-12-7-3-4-8-13(12)21-16(22)14-9-15(19-10-18-14)20-11-5-1-2-6-11/h3-4,7-11H,1-2,5-6H2,(H,21,22)(H,18,19,20). The number of aromatic nitrogens is 2. The molecule has 1 aromatic carbocycles. The molecule has 1 saturated carbocycles. The normalized spacial score (nSPS) is 14.8. The van der Waals surface area contributed by atoms with E-state index in [0.717, 1.165) is 23.0 Å². The number of halogens is 1. The molecule has 2 N–H and O–H groups in total. The van der Waals surface area contributed by atoms with Gasteiger partial charge in [0.05, 0.1) is 5.69 Å². The number of amides is 1. The molecule has 0 radical (unpaired) electrons. The molecule has 1 amide bonds. The van der Waals surface area contributed by atoms with E-state index in [4.69, 9.17) is 0 Å². The van der Waals surface area contributed by atoms with E-state index in [1.165, 1.54) is 19.2 Å². The highest BCUT2D eigenvalue weighted by Gasteiger charge is 2.16. The van der Waals surface area contributed by atoms with Gasteiger partial charge in [0.15, 0.2) is 0 Å². The van der Waals surface area contributed by atoms with Crippen molar-refractivity contribution >= 4 is 33.3 Å². The molecule has 3 rings (SSSR count). The fraction of sp³-hybridized carbons (Fsp3) is 0.312. The van der Waals surface area contributed by atoms with Crippen molar-refractivity contribution in [2.45, 2.75) is 31.7 Å². The molecule has 1 aromatic heterocycles. The maximum Gasteiger partial charge on any atom is 0.274 e. The largest absolute Gasteiger partial charge is 0.367 e. The number of nitrogens with one attached hydrogen (secondary N) is 2. The minimum atomic E-state index is -0.247. The molecule has 0 unspecified atom stereocenters. The first-order valence-electron chi connectivity index (χ1n) is 7.37.